The maximum atomic E-state index is 12.2. The average Bonchev–Trinajstić information content (AvgIpc) is 2.86. The lowest BCUT2D eigenvalue weighted by Gasteiger charge is -2.11. The van der Waals surface area contributed by atoms with Gasteiger partial charge >= 0.3 is 0 Å². The molecule has 1 aromatic carbocycles. The number of rotatable bonds is 5. The number of fused-ring (bicyclic) bond motifs is 1. The van der Waals surface area contributed by atoms with Crippen molar-refractivity contribution in [3.05, 3.63) is 53.0 Å². The third-order valence-corrected chi connectivity index (χ3v) is 3.12. The van der Waals surface area contributed by atoms with Crippen LogP contribution in [0.5, 0.6) is 0 Å². The highest BCUT2D eigenvalue weighted by atomic mass is 16.3. The molecule has 1 aromatic rings. The van der Waals surface area contributed by atoms with Crippen LogP contribution >= 0.6 is 0 Å². The van der Waals surface area contributed by atoms with Gasteiger partial charge in [0.15, 0.2) is 0 Å². The Kier molecular flexibility index (Phi) is 4.78. The SMILES string of the molecule is N#CC(/C=C1/Nc2ccccc2C1=O)=C(\N)NCC(O)CO. The lowest BCUT2D eigenvalue weighted by molar-refractivity contribution is 0.0964. The summed E-state index contributed by atoms with van der Waals surface area (Å²) >= 11 is 0. The van der Waals surface area contributed by atoms with E-state index in [2.05, 4.69) is 10.6 Å². The molecular formula is C15H16N4O3. The topological polar surface area (TPSA) is 131 Å². The Balaban J connectivity index is 2.20. The molecule has 0 aliphatic carbocycles. The second kappa shape index (κ2) is 6.76. The Hall–Kier alpha value is -2.82. The molecule has 0 saturated heterocycles. The molecule has 1 unspecified atom stereocenters. The van der Waals surface area contributed by atoms with Crippen LogP contribution in [0, 0.1) is 11.3 Å². The first-order chi connectivity index (χ1) is 10.6. The van der Waals surface area contributed by atoms with E-state index in [-0.39, 0.29) is 29.4 Å². The smallest absolute Gasteiger partial charge is 0.211 e. The molecule has 0 bridgehead atoms. The van der Waals surface area contributed by atoms with Crippen molar-refractivity contribution in [1.82, 2.24) is 5.32 Å². The molecule has 0 amide bonds. The van der Waals surface area contributed by atoms with E-state index in [0.29, 0.717) is 11.3 Å². The summed E-state index contributed by atoms with van der Waals surface area (Å²) in [6, 6.07) is 8.92. The number of carbonyl (C=O) groups excluding carboxylic acids is 1. The molecular weight excluding hydrogens is 284 g/mol. The van der Waals surface area contributed by atoms with Gasteiger partial charge in [0.25, 0.3) is 0 Å². The van der Waals surface area contributed by atoms with Crippen molar-refractivity contribution in [2.75, 3.05) is 18.5 Å². The summed E-state index contributed by atoms with van der Waals surface area (Å²) < 4.78 is 0. The lowest BCUT2D eigenvalue weighted by Crippen LogP contribution is -2.32. The molecule has 1 atom stereocenters. The lowest BCUT2D eigenvalue weighted by atomic mass is 10.1. The third-order valence-electron chi connectivity index (χ3n) is 3.12. The van der Waals surface area contributed by atoms with Gasteiger partial charge < -0.3 is 26.6 Å². The van der Waals surface area contributed by atoms with Gasteiger partial charge in [-0.15, -0.1) is 0 Å². The Morgan fingerprint density at radius 3 is 2.86 bits per heavy atom. The number of nitriles is 1. The molecule has 22 heavy (non-hydrogen) atoms. The Morgan fingerprint density at radius 1 is 1.50 bits per heavy atom. The second-order valence-corrected chi connectivity index (χ2v) is 4.71. The Morgan fingerprint density at radius 2 is 2.23 bits per heavy atom. The van der Waals surface area contributed by atoms with Crippen LogP contribution in [-0.2, 0) is 0 Å². The zero-order chi connectivity index (χ0) is 16.1. The maximum Gasteiger partial charge on any atom is 0.211 e. The molecule has 6 N–H and O–H groups in total. The summed E-state index contributed by atoms with van der Waals surface area (Å²) in [5.74, 6) is -0.195. The maximum absolute atomic E-state index is 12.2. The minimum absolute atomic E-state index is 0.00170. The molecule has 7 nitrogen and oxygen atoms in total. The Labute approximate surface area is 127 Å². The van der Waals surface area contributed by atoms with Crippen LogP contribution in [0.25, 0.3) is 0 Å². The summed E-state index contributed by atoms with van der Waals surface area (Å²) in [6.45, 7) is -0.420. The zero-order valence-electron chi connectivity index (χ0n) is 11.7. The molecule has 0 saturated carbocycles. The molecule has 0 aromatic heterocycles. The fraction of sp³-hybridized carbons (Fsp3) is 0.200. The van der Waals surface area contributed by atoms with Gasteiger partial charge in [0.1, 0.15) is 11.9 Å². The largest absolute Gasteiger partial charge is 0.394 e. The standard InChI is InChI=1S/C15H16N4O3/c16-6-9(15(17)18-7-10(21)8-20)5-13-14(22)11-3-1-2-4-12(11)19-13/h1-5,10,18-21H,7-8,17H2/b13-5+,15-9+. The van der Waals surface area contributed by atoms with E-state index in [9.17, 15) is 9.90 Å². The van der Waals surface area contributed by atoms with E-state index in [1.807, 2.05) is 6.07 Å². The number of anilines is 1. The molecule has 0 radical (unpaired) electrons. The fourth-order valence-electron chi connectivity index (χ4n) is 1.94. The predicted octanol–water partition coefficient (Wildman–Crippen LogP) is -0.185. The molecule has 1 aliphatic heterocycles. The Bertz CT molecular complexity index is 688. The van der Waals surface area contributed by atoms with E-state index >= 15 is 0 Å². The minimum Gasteiger partial charge on any atom is -0.394 e. The number of carbonyl (C=O) groups is 1. The molecule has 7 heteroatoms. The van der Waals surface area contributed by atoms with E-state index in [4.69, 9.17) is 16.1 Å². The molecule has 2 rings (SSSR count). The quantitative estimate of drug-likeness (QED) is 0.376. The first-order valence-electron chi connectivity index (χ1n) is 6.62. The first-order valence-corrected chi connectivity index (χ1v) is 6.62. The summed E-state index contributed by atoms with van der Waals surface area (Å²) in [6.07, 6.45) is 0.373. The van der Waals surface area contributed by atoms with Gasteiger partial charge in [0.2, 0.25) is 5.78 Å². The van der Waals surface area contributed by atoms with E-state index in [1.165, 1.54) is 6.08 Å². The van der Waals surface area contributed by atoms with Gasteiger partial charge in [-0.3, -0.25) is 4.79 Å². The van der Waals surface area contributed by atoms with Crippen LogP contribution in [-0.4, -0.2) is 35.3 Å². The number of hydrogen-bond donors (Lipinski definition) is 5. The zero-order valence-corrected chi connectivity index (χ0v) is 11.7. The number of Topliss-reactive ketones (excluding diaryl/α,β-unsaturated/α-hetero) is 1. The van der Waals surface area contributed by atoms with E-state index in [0.717, 1.165) is 0 Å². The number of benzene rings is 1. The van der Waals surface area contributed by atoms with Crippen molar-refractivity contribution in [3.8, 4) is 6.07 Å². The number of allylic oxidation sites excluding steroid dienone is 3. The average molecular weight is 300 g/mol. The summed E-state index contributed by atoms with van der Waals surface area (Å²) in [5.41, 5.74) is 7.26. The van der Waals surface area contributed by atoms with Crippen LogP contribution in [0.3, 0.4) is 0 Å². The first kappa shape index (κ1) is 15.6. The summed E-state index contributed by atoms with van der Waals surface area (Å²) in [7, 11) is 0. The molecule has 0 fully saturated rings. The summed E-state index contributed by atoms with van der Waals surface area (Å²) in [4.78, 5) is 12.2. The number of nitrogens with two attached hydrogens (primary N) is 1. The van der Waals surface area contributed by atoms with Crippen LogP contribution < -0.4 is 16.4 Å². The van der Waals surface area contributed by atoms with Crippen LogP contribution in [0.4, 0.5) is 5.69 Å². The number of ketones is 1. The number of nitrogens with one attached hydrogen (secondary N) is 2. The van der Waals surface area contributed by atoms with Gasteiger partial charge in [0, 0.05) is 17.8 Å². The number of aliphatic hydroxyl groups is 2. The monoisotopic (exact) mass is 300 g/mol. The van der Waals surface area contributed by atoms with Crippen molar-refractivity contribution >= 4 is 11.5 Å². The van der Waals surface area contributed by atoms with Gasteiger partial charge in [-0.2, -0.15) is 5.26 Å². The van der Waals surface area contributed by atoms with Crippen molar-refractivity contribution in [2.45, 2.75) is 6.10 Å². The summed E-state index contributed by atoms with van der Waals surface area (Å²) in [5, 5.41) is 32.7. The van der Waals surface area contributed by atoms with Crippen molar-refractivity contribution in [1.29, 1.82) is 5.26 Å². The highest BCUT2D eigenvalue weighted by Gasteiger charge is 2.24. The van der Waals surface area contributed by atoms with E-state index < -0.39 is 12.7 Å². The van der Waals surface area contributed by atoms with E-state index in [1.54, 1.807) is 24.3 Å². The molecule has 1 aliphatic rings. The van der Waals surface area contributed by atoms with Crippen molar-refractivity contribution in [3.63, 3.8) is 0 Å². The highest BCUT2D eigenvalue weighted by Crippen LogP contribution is 2.27. The third kappa shape index (κ3) is 3.25. The number of aliphatic hydroxyl groups excluding tert-OH is 2. The van der Waals surface area contributed by atoms with Crippen molar-refractivity contribution < 1.29 is 15.0 Å². The minimum atomic E-state index is -0.985. The van der Waals surface area contributed by atoms with Gasteiger partial charge in [0.05, 0.1) is 24.0 Å². The number of hydrogen-bond acceptors (Lipinski definition) is 7. The number of nitrogens with zero attached hydrogens (tertiary/aromatic N) is 1. The predicted molar refractivity (Wildman–Crippen MR) is 80.4 cm³/mol. The van der Waals surface area contributed by atoms with Gasteiger partial charge in [-0.05, 0) is 18.2 Å². The number of para-hydroxylation sites is 1. The van der Waals surface area contributed by atoms with Gasteiger partial charge in [-0.25, -0.2) is 0 Å². The van der Waals surface area contributed by atoms with Crippen LogP contribution in [0.15, 0.2) is 47.4 Å². The van der Waals surface area contributed by atoms with Crippen LogP contribution in [0.1, 0.15) is 10.4 Å². The highest BCUT2D eigenvalue weighted by molar-refractivity contribution is 6.18. The normalized spacial score (nSPS) is 17.3. The molecule has 1 heterocycles. The van der Waals surface area contributed by atoms with Crippen LogP contribution in [0.2, 0.25) is 0 Å². The fourth-order valence-corrected chi connectivity index (χ4v) is 1.94. The van der Waals surface area contributed by atoms with Crippen molar-refractivity contribution in [2.24, 2.45) is 5.73 Å². The second-order valence-electron chi connectivity index (χ2n) is 4.71. The molecule has 0 spiro atoms. The molecule has 114 valence electrons. The van der Waals surface area contributed by atoms with Gasteiger partial charge in [-0.1, -0.05) is 12.1 Å².